The van der Waals surface area contributed by atoms with E-state index >= 15 is 0 Å². The number of carbonyl (C=O) groups is 2. The van der Waals surface area contributed by atoms with Crippen LogP contribution in [0, 0.1) is 0 Å². The summed E-state index contributed by atoms with van der Waals surface area (Å²) < 4.78 is 13.1. The van der Waals surface area contributed by atoms with E-state index in [9.17, 15) is 19.8 Å². The molecule has 48 heavy (non-hydrogen) atoms. The molecule has 9 nitrogen and oxygen atoms in total. The summed E-state index contributed by atoms with van der Waals surface area (Å²) in [7, 11) is 1.98. The van der Waals surface area contributed by atoms with Crippen LogP contribution in [0.15, 0.2) is 109 Å². The summed E-state index contributed by atoms with van der Waals surface area (Å²) in [5, 5.41) is 26.3. The quantitative estimate of drug-likeness (QED) is 0.138. The number of nitrogens with zero attached hydrogens (tertiary/aromatic N) is 1. The van der Waals surface area contributed by atoms with Crippen molar-refractivity contribution in [1.82, 2.24) is 10.2 Å². The lowest BCUT2D eigenvalue weighted by Crippen LogP contribution is -2.43. The van der Waals surface area contributed by atoms with Gasteiger partial charge < -0.3 is 30.3 Å². The third-order valence-corrected chi connectivity index (χ3v) is 8.90. The number of likely N-dealkylation sites (N-methyl/N-ethyl adjacent to an activating group) is 1. The number of Topliss-reactive ketones (excluding diaryl/α,β-unsaturated/α-hetero) is 1. The predicted octanol–water partition coefficient (Wildman–Crippen LogP) is 6.10. The van der Waals surface area contributed by atoms with E-state index in [2.05, 4.69) is 15.5 Å². The van der Waals surface area contributed by atoms with Crippen molar-refractivity contribution in [2.75, 3.05) is 18.9 Å². The van der Waals surface area contributed by atoms with Gasteiger partial charge in [0.1, 0.15) is 0 Å². The maximum absolute atomic E-state index is 13.0. The third-order valence-electron chi connectivity index (χ3n) is 8.90. The summed E-state index contributed by atoms with van der Waals surface area (Å²) in [6.07, 6.45) is -0.957. The Morgan fingerprint density at radius 1 is 0.875 bits per heavy atom. The lowest BCUT2D eigenvalue weighted by Gasteiger charge is -2.39. The van der Waals surface area contributed by atoms with E-state index in [0.29, 0.717) is 25.1 Å². The average Bonchev–Trinajstić information content (AvgIpc) is 3.11. The van der Waals surface area contributed by atoms with Crippen LogP contribution in [0.4, 0.5) is 10.5 Å². The van der Waals surface area contributed by atoms with Crippen LogP contribution in [0.2, 0.25) is 0 Å². The van der Waals surface area contributed by atoms with Gasteiger partial charge >= 0.3 is 6.03 Å². The molecule has 4 aromatic carbocycles. The lowest BCUT2D eigenvalue weighted by molar-refractivity contribution is -0.253. The molecule has 2 amide bonds. The fraction of sp³-hybridized carbons (Fsp3) is 0.333. The van der Waals surface area contributed by atoms with Crippen molar-refractivity contribution in [3.63, 3.8) is 0 Å². The molecule has 4 N–H and O–H groups in total. The highest BCUT2D eigenvalue weighted by molar-refractivity contribution is 5.93. The third kappa shape index (κ3) is 9.37. The minimum atomic E-state index is -0.734. The van der Waals surface area contributed by atoms with E-state index in [-0.39, 0.29) is 30.6 Å². The minimum absolute atomic E-state index is 0.0423. The predicted molar refractivity (Wildman–Crippen MR) is 185 cm³/mol. The van der Waals surface area contributed by atoms with Gasteiger partial charge in [0.2, 0.25) is 0 Å². The topological polar surface area (TPSA) is 120 Å². The first-order chi connectivity index (χ1) is 23.2. The molecule has 0 bridgehead atoms. The highest BCUT2D eigenvalue weighted by Crippen LogP contribution is 2.39. The first kappa shape index (κ1) is 34.9. The molecule has 1 fully saturated rings. The Kier molecular flexibility index (Phi) is 12.1. The van der Waals surface area contributed by atoms with Crippen molar-refractivity contribution in [2.45, 2.75) is 70.0 Å². The molecule has 9 heteroatoms. The number of aliphatic hydroxyl groups excluding tert-OH is 2. The van der Waals surface area contributed by atoms with Crippen LogP contribution in [-0.4, -0.2) is 58.7 Å². The van der Waals surface area contributed by atoms with Gasteiger partial charge in [0.15, 0.2) is 12.1 Å². The number of amides is 2. The second kappa shape index (κ2) is 16.6. The zero-order chi connectivity index (χ0) is 34.0. The van der Waals surface area contributed by atoms with Crippen LogP contribution in [0.1, 0.15) is 66.6 Å². The van der Waals surface area contributed by atoms with Gasteiger partial charge in [-0.2, -0.15) is 0 Å². The van der Waals surface area contributed by atoms with E-state index in [1.165, 1.54) is 6.92 Å². The number of hydrogen-bond acceptors (Lipinski definition) is 7. The molecule has 0 aliphatic carbocycles. The van der Waals surface area contributed by atoms with Crippen LogP contribution >= 0.6 is 0 Å². The zero-order valence-electron chi connectivity index (χ0n) is 27.7. The SMILES string of the molecule is CC(=O)[C@@H](Cc1ccccc1)NC(=O)Nc1cccc(C2O[C@H](CN(C)[C@@H](C)[C@H](O)c3ccccc3)C[C@H](c3ccc(CO)cc3)O2)c1. The normalized spacial score (nSPS) is 19.7. The molecule has 0 radical (unpaired) electrons. The van der Waals surface area contributed by atoms with E-state index in [4.69, 9.17) is 9.47 Å². The molecule has 252 valence electrons. The maximum Gasteiger partial charge on any atom is 0.319 e. The van der Waals surface area contributed by atoms with E-state index in [1.54, 1.807) is 6.07 Å². The molecular formula is C39H45N3O6. The highest BCUT2D eigenvalue weighted by atomic mass is 16.7. The first-order valence-corrected chi connectivity index (χ1v) is 16.4. The Morgan fingerprint density at radius 2 is 1.56 bits per heavy atom. The monoisotopic (exact) mass is 651 g/mol. The molecule has 6 atom stereocenters. The standard InChI is InChI=1S/C39H45N3O6/c1-26(37(45)31-13-8-5-9-14-31)42(3)24-34-23-36(30-19-17-29(25-43)18-20-30)48-38(47-34)32-15-10-16-33(22-32)40-39(46)41-35(27(2)44)21-28-11-6-4-7-12-28/h4-20,22,26,34-38,43,45H,21,23-25H2,1-3H3,(H2,40,41,46)/t26-,34-,35+,36+,37-,38?/m0/s1. The first-order valence-electron chi connectivity index (χ1n) is 16.4. The molecule has 0 saturated carbocycles. The van der Waals surface area contributed by atoms with Crippen LogP contribution < -0.4 is 10.6 Å². The number of benzene rings is 4. The molecule has 1 heterocycles. The molecule has 1 aliphatic heterocycles. The number of carbonyl (C=O) groups excluding carboxylic acids is 2. The van der Waals surface area contributed by atoms with E-state index in [0.717, 1.165) is 27.8 Å². The van der Waals surface area contributed by atoms with Crippen molar-refractivity contribution < 1.29 is 29.3 Å². The number of anilines is 1. The van der Waals surface area contributed by atoms with E-state index < -0.39 is 24.5 Å². The maximum atomic E-state index is 13.0. The molecule has 5 rings (SSSR count). The minimum Gasteiger partial charge on any atom is -0.392 e. The Balaban J connectivity index is 1.30. The van der Waals surface area contributed by atoms with E-state index in [1.807, 2.05) is 117 Å². The Labute approximate surface area is 282 Å². The summed E-state index contributed by atoms with van der Waals surface area (Å²) in [6.45, 7) is 3.97. The summed E-state index contributed by atoms with van der Waals surface area (Å²) in [6, 6.07) is 32.8. The Bertz CT molecular complexity index is 1620. The summed E-state index contributed by atoms with van der Waals surface area (Å²) in [5.74, 6) is -0.133. The van der Waals surface area contributed by atoms with Crippen LogP contribution in [0.25, 0.3) is 0 Å². The Hall–Kier alpha value is -4.38. The highest BCUT2D eigenvalue weighted by Gasteiger charge is 2.34. The van der Waals surface area contributed by atoms with Gasteiger partial charge in [-0.15, -0.1) is 0 Å². The number of aliphatic hydroxyl groups is 2. The second-order valence-corrected chi connectivity index (χ2v) is 12.5. The summed E-state index contributed by atoms with van der Waals surface area (Å²) in [4.78, 5) is 27.4. The molecule has 1 unspecified atom stereocenters. The number of urea groups is 1. The second-order valence-electron chi connectivity index (χ2n) is 12.5. The number of nitrogens with one attached hydrogen (secondary N) is 2. The smallest absolute Gasteiger partial charge is 0.319 e. The van der Waals surface area contributed by atoms with Crippen LogP contribution in [0.5, 0.6) is 0 Å². The van der Waals surface area contributed by atoms with Gasteiger partial charge in [0, 0.05) is 30.3 Å². The van der Waals surface area contributed by atoms with Crippen LogP contribution in [0.3, 0.4) is 0 Å². The molecule has 0 spiro atoms. The number of hydrogen-bond donors (Lipinski definition) is 4. The largest absolute Gasteiger partial charge is 0.392 e. The van der Waals surface area contributed by atoms with Crippen LogP contribution in [-0.2, 0) is 27.3 Å². The van der Waals surface area contributed by atoms with Gasteiger partial charge in [0.25, 0.3) is 0 Å². The Morgan fingerprint density at radius 3 is 2.23 bits per heavy atom. The molecular weight excluding hydrogens is 606 g/mol. The number of ketones is 1. The lowest BCUT2D eigenvalue weighted by atomic mass is 9.98. The van der Waals surface area contributed by atoms with Gasteiger partial charge in [0.05, 0.1) is 31.0 Å². The summed E-state index contributed by atoms with van der Waals surface area (Å²) in [5.41, 5.74) is 4.84. The van der Waals surface area contributed by atoms with Crippen molar-refractivity contribution >= 4 is 17.5 Å². The van der Waals surface area contributed by atoms with Crippen molar-refractivity contribution in [1.29, 1.82) is 0 Å². The fourth-order valence-electron chi connectivity index (χ4n) is 5.92. The molecule has 1 saturated heterocycles. The van der Waals surface area contributed by atoms with Gasteiger partial charge in [-0.1, -0.05) is 97.1 Å². The van der Waals surface area contributed by atoms with Gasteiger partial charge in [-0.3, -0.25) is 9.69 Å². The number of rotatable bonds is 13. The van der Waals surface area contributed by atoms with Gasteiger partial charge in [-0.05, 0) is 61.7 Å². The van der Waals surface area contributed by atoms with Crippen molar-refractivity contribution in [3.8, 4) is 0 Å². The summed E-state index contributed by atoms with van der Waals surface area (Å²) >= 11 is 0. The van der Waals surface area contributed by atoms with Crippen molar-refractivity contribution in [3.05, 3.63) is 137 Å². The fourth-order valence-corrected chi connectivity index (χ4v) is 5.92. The molecule has 4 aromatic rings. The molecule has 0 aromatic heterocycles. The number of ether oxygens (including phenoxy) is 2. The zero-order valence-corrected chi connectivity index (χ0v) is 27.7. The van der Waals surface area contributed by atoms with Gasteiger partial charge in [-0.25, -0.2) is 4.79 Å². The van der Waals surface area contributed by atoms with Crippen molar-refractivity contribution in [2.24, 2.45) is 0 Å². The molecule has 1 aliphatic rings. The average molecular weight is 652 g/mol.